The number of anilines is 1. The maximum atomic E-state index is 12.3. The number of carbonyl (C=O) groups excluding carboxylic acids is 1. The van der Waals surface area contributed by atoms with Gasteiger partial charge in [-0.1, -0.05) is 0 Å². The first kappa shape index (κ1) is 12.8. The molecule has 0 aromatic carbocycles. The van der Waals surface area contributed by atoms with Crippen LogP contribution in [0.15, 0.2) is 6.20 Å². The second kappa shape index (κ2) is 4.95. The first-order valence-corrected chi connectivity index (χ1v) is 5.70. The predicted molar refractivity (Wildman–Crippen MR) is 65.1 cm³/mol. The van der Waals surface area contributed by atoms with E-state index in [0.717, 1.165) is 0 Å². The van der Waals surface area contributed by atoms with Gasteiger partial charge in [0.2, 0.25) is 0 Å². The number of hydrogen-bond acceptors (Lipinski definition) is 5. The van der Waals surface area contributed by atoms with Crippen LogP contribution in [0.4, 0.5) is 5.69 Å². The van der Waals surface area contributed by atoms with Crippen molar-refractivity contribution in [3.05, 3.63) is 11.9 Å². The molecular formula is C11H18N4O3. The molecule has 2 atom stereocenters. The van der Waals surface area contributed by atoms with E-state index in [0.29, 0.717) is 18.8 Å². The van der Waals surface area contributed by atoms with E-state index in [2.05, 4.69) is 5.10 Å². The molecule has 2 N–H and O–H groups in total. The maximum Gasteiger partial charge on any atom is 0.276 e. The molecule has 0 aliphatic carbocycles. The quantitative estimate of drug-likeness (QED) is 0.785. The number of methoxy groups -OCH3 is 2. The molecule has 0 bridgehead atoms. The smallest absolute Gasteiger partial charge is 0.276 e. The number of amides is 1. The Kier molecular flexibility index (Phi) is 3.53. The lowest BCUT2D eigenvalue weighted by molar-refractivity contribution is -0.00461. The SMILES string of the molecule is COC1CN(C(=O)c2nn(C)cc2N)CC1OC. The molecule has 0 spiro atoms. The van der Waals surface area contributed by atoms with Crippen molar-refractivity contribution in [2.24, 2.45) is 7.05 Å². The van der Waals surface area contributed by atoms with Crippen molar-refractivity contribution in [3.63, 3.8) is 0 Å². The highest BCUT2D eigenvalue weighted by molar-refractivity contribution is 5.97. The van der Waals surface area contributed by atoms with Gasteiger partial charge in [-0.2, -0.15) is 5.10 Å². The van der Waals surface area contributed by atoms with E-state index in [4.69, 9.17) is 15.2 Å². The van der Waals surface area contributed by atoms with Crippen LogP contribution in [0, 0.1) is 0 Å². The van der Waals surface area contributed by atoms with Crippen molar-refractivity contribution < 1.29 is 14.3 Å². The molecule has 1 aromatic heterocycles. The number of nitrogens with zero attached hydrogens (tertiary/aromatic N) is 3. The van der Waals surface area contributed by atoms with E-state index in [-0.39, 0.29) is 23.8 Å². The minimum Gasteiger partial charge on any atom is -0.396 e. The van der Waals surface area contributed by atoms with Gasteiger partial charge >= 0.3 is 0 Å². The fourth-order valence-corrected chi connectivity index (χ4v) is 2.19. The third-order valence-corrected chi connectivity index (χ3v) is 3.17. The maximum absolute atomic E-state index is 12.3. The van der Waals surface area contributed by atoms with E-state index < -0.39 is 0 Å². The Morgan fingerprint density at radius 2 is 1.94 bits per heavy atom. The molecule has 1 aliphatic rings. The highest BCUT2D eigenvalue weighted by Gasteiger charge is 2.37. The zero-order valence-corrected chi connectivity index (χ0v) is 10.8. The third kappa shape index (κ3) is 2.19. The summed E-state index contributed by atoms with van der Waals surface area (Å²) in [5.74, 6) is -0.185. The van der Waals surface area contributed by atoms with Crippen molar-refractivity contribution in [2.45, 2.75) is 12.2 Å². The number of carbonyl (C=O) groups is 1. The zero-order chi connectivity index (χ0) is 13.3. The number of rotatable bonds is 3. The Labute approximate surface area is 105 Å². The van der Waals surface area contributed by atoms with Crippen LogP contribution in [0.3, 0.4) is 0 Å². The summed E-state index contributed by atoms with van der Waals surface area (Å²) >= 11 is 0. The van der Waals surface area contributed by atoms with Crippen LogP contribution in [-0.2, 0) is 16.5 Å². The number of aromatic nitrogens is 2. The highest BCUT2D eigenvalue weighted by atomic mass is 16.5. The molecule has 1 aromatic rings. The Balaban J connectivity index is 2.14. The molecule has 2 unspecified atom stereocenters. The van der Waals surface area contributed by atoms with Crippen molar-refractivity contribution in [2.75, 3.05) is 33.0 Å². The Hall–Kier alpha value is -1.60. The van der Waals surface area contributed by atoms with Gasteiger partial charge in [0.1, 0.15) is 12.2 Å². The number of likely N-dealkylation sites (tertiary alicyclic amines) is 1. The first-order chi connectivity index (χ1) is 8.56. The van der Waals surface area contributed by atoms with E-state index in [1.807, 2.05) is 0 Å². The van der Waals surface area contributed by atoms with Gasteiger partial charge in [0.25, 0.3) is 5.91 Å². The van der Waals surface area contributed by atoms with Gasteiger partial charge in [-0.05, 0) is 0 Å². The van der Waals surface area contributed by atoms with Crippen molar-refractivity contribution in [3.8, 4) is 0 Å². The lowest BCUT2D eigenvalue weighted by Crippen LogP contribution is -2.31. The molecule has 0 saturated carbocycles. The van der Waals surface area contributed by atoms with Crippen LogP contribution in [0.25, 0.3) is 0 Å². The van der Waals surface area contributed by atoms with Crippen LogP contribution in [0.5, 0.6) is 0 Å². The van der Waals surface area contributed by atoms with Crippen LogP contribution in [-0.4, -0.2) is 60.1 Å². The van der Waals surface area contributed by atoms with Gasteiger partial charge in [0.05, 0.1) is 5.69 Å². The third-order valence-electron chi connectivity index (χ3n) is 3.17. The van der Waals surface area contributed by atoms with Gasteiger partial charge in [-0.15, -0.1) is 0 Å². The lowest BCUT2D eigenvalue weighted by atomic mass is 10.3. The summed E-state index contributed by atoms with van der Waals surface area (Å²) in [4.78, 5) is 13.9. The summed E-state index contributed by atoms with van der Waals surface area (Å²) < 4.78 is 12.1. The van der Waals surface area contributed by atoms with E-state index in [1.165, 1.54) is 4.68 Å². The van der Waals surface area contributed by atoms with Gasteiger partial charge in [-0.25, -0.2) is 0 Å². The van der Waals surface area contributed by atoms with Gasteiger partial charge in [-0.3, -0.25) is 9.48 Å². The van der Waals surface area contributed by atoms with Crippen LogP contribution < -0.4 is 5.73 Å². The summed E-state index contributed by atoms with van der Waals surface area (Å²) in [5, 5.41) is 4.08. The van der Waals surface area contributed by atoms with Gasteiger partial charge in [0, 0.05) is 40.6 Å². The predicted octanol–water partition coefficient (Wildman–Crippen LogP) is -0.512. The van der Waals surface area contributed by atoms with E-state index in [1.54, 1.807) is 32.4 Å². The molecule has 1 fully saturated rings. The van der Waals surface area contributed by atoms with Crippen molar-refractivity contribution in [1.29, 1.82) is 0 Å². The molecule has 7 heteroatoms. The number of nitrogen functional groups attached to an aromatic ring is 1. The monoisotopic (exact) mass is 254 g/mol. The van der Waals surface area contributed by atoms with Gasteiger partial charge < -0.3 is 20.1 Å². The highest BCUT2D eigenvalue weighted by Crippen LogP contribution is 2.19. The molecule has 1 amide bonds. The number of nitrogens with two attached hydrogens (primary N) is 1. The Morgan fingerprint density at radius 3 is 2.33 bits per heavy atom. The normalized spacial score (nSPS) is 23.6. The van der Waals surface area contributed by atoms with Crippen LogP contribution in [0.1, 0.15) is 10.5 Å². The zero-order valence-electron chi connectivity index (χ0n) is 10.8. The summed E-state index contributed by atoms with van der Waals surface area (Å²) in [7, 11) is 4.95. The molecule has 0 radical (unpaired) electrons. The molecular weight excluding hydrogens is 236 g/mol. The van der Waals surface area contributed by atoms with Crippen molar-refractivity contribution >= 4 is 11.6 Å². The second-order valence-corrected chi connectivity index (χ2v) is 4.37. The molecule has 7 nitrogen and oxygen atoms in total. The number of aryl methyl sites for hydroxylation is 1. The first-order valence-electron chi connectivity index (χ1n) is 5.70. The Morgan fingerprint density at radius 1 is 1.39 bits per heavy atom. The molecule has 100 valence electrons. The molecule has 1 aliphatic heterocycles. The molecule has 2 rings (SSSR count). The lowest BCUT2D eigenvalue weighted by Gasteiger charge is -2.14. The van der Waals surface area contributed by atoms with E-state index >= 15 is 0 Å². The summed E-state index contributed by atoms with van der Waals surface area (Å²) in [6.07, 6.45) is 1.40. The summed E-state index contributed by atoms with van der Waals surface area (Å²) in [6.45, 7) is 0.980. The summed E-state index contributed by atoms with van der Waals surface area (Å²) in [6, 6.07) is 0. The van der Waals surface area contributed by atoms with Gasteiger partial charge in [0.15, 0.2) is 5.69 Å². The van der Waals surface area contributed by atoms with Crippen molar-refractivity contribution in [1.82, 2.24) is 14.7 Å². The number of hydrogen-bond donors (Lipinski definition) is 1. The molecule has 1 saturated heterocycles. The fourth-order valence-electron chi connectivity index (χ4n) is 2.19. The Bertz CT molecular complexity index is 433. The second-order valence-electron chi connectivity index (χ2n) is 4.37. The molecule has 18 heavy (non-hydrogen) atoms. The molecule has 2 heterocycles. The average Bonchev–Trinajstić information content (AvgIpc) is 2.91. The topological polar surface area (TPSA) is 82.6 Å². The van der Waals surface area contributed by atoms with E-state index in [9.17, 15) is 4.79 Å². The minimum absolute atomic E-state index is 0.108. The average molecular weight is 254 g/mol. The fraction of sp³-hybridized carbons (Fsp3) is 0.636. The standard InChI is InChI=1S/C11H18N4O3/c1-14-4-7(12)10(13-14)11(16)15-5-8(17-2)9(6-15)18-3/h4,8-9H,5-6,12H2,1-3H3. The van der Waals surface area contributed by atoms with Crippen LogP contribution in [0.2, 0.25) is 0 Å². The largest absolute Gasteiger partial charge is 0.396 e. The number of ether oxygens (including phenoxy) is 2. The van der Waals surface area contributed by atoms with Crippen LogP contribution >= 0.6 is 0 Å². The summed E-state index contributed by atoms with van der Waals surface area (Å²) in [5.41, 5.74) is 6.42. The minimum atomic E-state index is -0.185.